The molecule has 0 unspecified atom stereocenters. The summed E-state index contributed by atoms with van der Waals surface area (Å²) in [5.74, 6) is 0. The van der Waals surface area contributed by atoms with E-state index in [9.17, 15) is 8.42 Å². The van der Waals surface area contributed by atoms with Crippen molar-refractivity contribution in [1.82, 2.24) is 0 Å². The van der Waals surface area contributed by atoms with E-state index in [4.69, 9.17) is 0 Å². The zero-order valence-corrected chi connectivity index (χ0v) is 22.2. The molecule has 0 amide bonds. The van der Waals surface area contributed by atoms with Gasteiger partial charge in [0.15, 0.2) is 0 Å². The average Bonchev–Trinajstić information content (AvgIpc) is 2.84. The van der Waals surface area contributed by atoms with Crippen molar-refractivity contribution in [2.75, 3.05) is 4.72 Å². The van der Waals surface area contributed by atoms with Crippen LogP contribution >= 0.6 is 0 Å². The summed E-state index contributed by atoms with van der Waals surface area (Å²) < 4.78 is 28.4. The predicted octanol–water partition coefficient (Wildman–Crippen LogP) is 9.09. The van der Waals surface area contributed by atoms with Gasteiger partial charge in [0.2, 0.25) is 0 Å². The fraction of sp³-hybridized carbons (Fsp3) is 0.600. The van der Waals surface area contributed by atoms with Crippen LogP contribution in [0.4, 0.5) is 5.69 Å². The van der Waals surface area contributed by atoms with Crippen LogP contribution in [0.15, 0.2) is 53.4 Å². The van der Waals surface area contributed by atoms with Crippen molar-refractivity contribution in [2.24, 2.45) is 0 Å². The summed E-state index contributed by atoms with van der Waals surface area (Å²) in [5, 5.41) is 0. The summed E-state index contributed by atoms with van der Waals surface area (Å²) in [7, 11) is -3.62. The first-order chi connectivity index (χ1) is 16.6. The van der Waals surface area contributed by atoms with E-state index in [0.717, 1.165) is 24.8 Å². The third-order valence-electron chi connectivity index (χ3n) is 6.49. The predicted molar refractivity (Wildman–Crippen MR) is 146 cm³/mol. The molecule has 0 fully saturated rings. The van der Waals surface area contributed by atoms with Crippen molar-refractivity contribution < 1.29 is 8.42 Å². The van der Waals surface area contributed by atoms with Crippen LogP contribution in [-0.4, -0.2) is 8.42 Å². The van der Waals surface area contributed by atoms with Crippen LogP contribution in [-0.2, 0) is 16.4 Å². The second kappa shape index (κ2) is 17.6. The van der Waals surface area contributed by atoms with Gasteiger partial charge in [-0.1, -0.05) is 140 Å². The Labute approximate surface area is 209 Å². The number of benzene rings is 2. The number of anilines is 1. The molecule has 0 aromatic heterocycles. The van der Waals surface area contributed by atoms with Crippen molar-refractivity contribution in [3.8, 4) is 0 Å². The third-order valence-corrected chi connectivity index (χ3v) is 7.92. The van der Waals surface area contributed by atoms with Crippen molar-refractivity contribution in [2.45, 2.75) is 121 Å². The molecule has 0 saturated heterocycles. The average molecular weight is 485 g/mol. The molecule has 0 atom stereocenters. The lowest BCUT2D eigenvalue weighted by molar-refractivity contribution is 0.529. The number of hydrogen-bond donors (Lipinski definition) is 1. The van der Waals surface area contributed by atoms with Gasteiger partial charge in [-0.2, -0.15) is 0 Å². The number of rotatable bonds is 20. The Morgan fingerprint density at radius 2 is 1.15 bits per heavy atom. The molecule has 0 aliphatic heterocycles. The van der Waals surface area contributed by atoms with Gasteiger partial charge in [0, 0.05) is 11.8 Å². The Bertz CT molecular complexity index is 864. The number of sulfonamides is 1. The molecule has 4 heteroatoms. The SMILES string of the molecule is CCCCCCCCCCCCCCCCCCc1ccc[c]c1S(=O)(=O)Nc1ccccc1. The normalized spacial score (nSPS) is 11.6. The van der Waals surface area contributed by atoms with Gasteiger partial charge in [-0.15, -0.1) is 0 Å². The Morgan fingerprint density at radius 1 is 0.647 bits per heavy atom. The van der Waals surface area contributed by atoms with Crippen LogP contribution in [0.25, 0.3) is 0 Å². The van der Waals surface area contributed by atoms with Crippen LogP contribution in [0.5, 0.6) is 0 Å². The Kier molecular flexibility index (Phi) is 14.7. The van der Waals surface area contributed by atoms with Crippen LogP contribution in [0, 0.1) is 6.07 Å². The fourth-order valence-electron chi connectivity index (χ4n) is 4.48. The molecule has 3 nitrogen and oxygen atoms in total. The Morgan fingerprint density at radius 3 is 1.68 bits per heavy atom. The summed E-state index contributed by atoms with van der Waals surface area (Å²) in [5.41, 5.74) is 1.43. The highest BCUT2D eigenvalue weighted by atomic mass is 32.2. The zero-order valence-electron chi connectivity index (χ0n) is 21.4. The lowest BCUT2D eigenvalue weighted by atomic mass is 10.0. The second-order valence-electron chi connectivity index (χ2n) is 9.55. The van der Waals surface area contributed by atoms with E-state index in [1.165, 1.54) is 89.9 Å². The maximum Gasteiger partial charge on any atom is 0.262 e. The lowest BCUT2D eigenvalue weighted by Gasteiger charge is -2.12. The number of nitrogens with one attached hydrogen (secondary N) is 1. The van der Waals surface area contributed by atoms with E-state index in [-0.39, 0.29) is 4.90 Å². The second-order valence-corrected chi connectivity index (χ2v) is 11.2. The van der Waals surface area contributed by atoms with Gasteiger partial charge in [-0.05, 0) is 30.5 Å². The van der Waals surface area contributed by atoms with E-state index in [1.54, 1.807) is 18.2 Å². The zero-order chi connectivity index (χ0) is 24.3. The third kappa shape index (κ3) is 12.1. The maximum atomic E-state index is 12.9. The number of unbranched alkanes of at least 4 members (excludes halogenated alkanes) is 15. The molecule has 1 N–H and O–H groups in total. The van der Waals surface area contributed by atoms with Gasteiger partial charge in [0.05, 0.1) is 4.90 Å². The first kappa shape index (κ1) is 28.4. The number of para-hydroxylation sites is 1. The molecule has 34 heavy (non-hydrogen) atoms. The van der Waals surface area contributed by atoms with Crippen LogP contribution in [0.1, 0.15) is 115 Å². The standard InChI is InChI=1S/C30H46NO2S/c1-2-3-4-5-6-7-8-9-10-11-12-13-14-15-16-18-23-28-24-21-22-27-30(28)34(32,33)31-29-25-19-17-20-26-29/h17,19-22,24-26,31H,2-16,18,23H2,1H3. The van der Waals surface area contributed by atoms with E-state index in [1.807, 2.05) is 30.3 Å². The minimum Gasteiger partial charge on any atom is -0.280 e. The molecule has 0 spiro atoms. The van der Waals surface area contributed by atoms with E-state index < -0.39 is 10.0 Å². The molecular formula is C30H46NO2S. The molecule has 1 radical (unpaired) electrons. The van der Waals surface area contributed by atoms with Gasteiger partial charge in [-0.3, -0.25) is 4.72 Å². The van der Waals surface area contributed by atoms with Crippen molar-refractivity contribution in [1.29, 1.82) is 0 Å². The monoisotopic (exact) mass is 484 g/mol. The highest BCUT2D eigenvalue weighted by Crippen LogP contribution is 2.21. The molecule has 0 bridgehead atoms. The number of aryl methyl sites for hydroxylation is 1. The first-order valence-corrected chi connectivity index (χ1v) is 15.2. The maximum absolute atomic E-state index is 12.9. The molecule has 2 aromatic rings. The number of hydrogen-bond acceptors (Lipinski definition) is 2. The summed E-state index contributed by atoms with van der Waals surface area (Å²) in [6, 6.07) is 17.5. The fourth-order valence-corrected chi connectivity index (χ4v) is 5.77. The Balaban J connectivity index is 1.53. The van der Waals surface area contributed by atoms with E-state index in [2.05, 4.69) is 17.7 Å². The van der Waals surface area contributed by atoms with Gasteiger partial charge in [0.25, 0.3) is 10.0 Å². The molecule has 2 rings (SSSR count). The molecule has 2 aromatic carbocycles. The van der Waals surface area contributed by atoms with Gasteiger partial charge in [0.1, 0.15) is 0 Å². The van der Waals surface area contributed by atoms with Crippen molar-refractivity contribution in [3.63, 3.8) is 0 Å². The van der Waals surface area contributed by atoms with Crippen LogP contribution in [0.3, 0.4) is 0 Å². The molecule has 189 valence electrons. The topological polar surface area (TPSA) is 46.2 Å². The van der Waals surface area contributed by atoms with Gasteiger partial charge < -0.3 is 0 Å². The summed E-state index contributed by atoms with van der Waals surface area (Å²) in [6.45, 7) is 2.28. The lowest BCUT2D eigenvalue weighted by Crippen LogP contribution is -2.15. The molecule has 0 heterocycles. The smallest absolute Gasteiger partial charge is 0.262 e. The van der Waals surface area contributed by atoms with Crippen LogP contribution in [0.2, 0.25) is 0 Å². The highest BCUT2D eigenvalue weighted by Gasteiger charge is 2.18. The first-order valence-electron chi connectivity index (χ1n) is 13.7. The molecule has 0 aliphatic rings. The highest BCUT2D eigenvalue weighted by molar-refractivity contribution is 7.92. The quantitative estimate of drug-likeness (QED) is 0.190. The Hall–Kier alpha value is -1.81. The molecule has 0 aliphatic carbocycles. The minimum atomic E-state index is -3.62. The summed E-state index contributed by atoms with van der Waals surface area (Å²) in [4.78, 5) is 0.278. The van der Waals surface area contributed by atoms with Gasteiger partial charge >= 0.3 is 0 Å². The summed E-state index contributed by atoms with van der Waals surface area (Å²) in [6.07, 6.45) is 22.2. The molecule has 0 saturated carbocycles. The van der Waals surface area contributed by atoms with E-state index >= 15 is 0 Å². The summed E-state index contributed by atoms with van der Waals surface area (Å²) >= 11 is 0. The van der Waals surface area contributed by atoms with Crippen molar-refractivity contribution in [3.05, 3.63) is 60.2 Å². The largest absolute Gasteiger partial charge is 0.280 e. The van der Waals surface area contributed by atoms with Crippen molar-refractivity contribution >= 4 is 15.7 Å². The minimum absolute atomic E-state index is 0.278. The van der Waals surface area contributed by atoms with E-state index in [0.29, 0.717) is 5.69 Å². The van der Waals surface area contributed by atoms with Gasteiger partial charge in [-0.25, -0.2) is 8.42 Å². The van der Waals surface area contributed by atoms with Crippen LogP contribution < -0.4 is 4.72 Å². The molecular weight excluding hydrogens is 438 g/mol.